The molecule has 0 aromatic heterocycles. The molecular formula is C13H28N4. The second-order valence-corrected chi connectivity index (χ2v) is 5.64. The summed E-state index contributed by atoms with van der Waals surface area (Å²) in [5.41, 5.74) is 2.75. The van der Waals surface area contributed by atoms with Crippen molar-refractivity contribution in [3.63, 3.8) is 0 Å². The lowest BCUT2D eigenvalue weighted by atomic mass is 9.85. The van der Waals surface area contributed by atoms with Gasteiger partial charge in [0.15, 0.2) is 0 Å². The monoisotopic (exact) mass is 240 g/mol. The minimum absolute atomic E-state index is 0.565. The third-order valence-corrected chi connectivity index (χ3v) is 3.63. The van der Waals surface area contributed by atoms with Crippen molar-refractivity contribution in [2.24, 2.45) is 22.7 Å². The van der Waals surface area contributed by atoms with E-state index in [1.807, 2.05) is 0 Å². The average Bonchev–Trinajstić information content (AvgIpc) is 2.29. The Hall–Kier alpha value is -0.770. The molecule has 0 aliphatic heterocycles. The van der Waals surface area contributed by atoms with Crippen LogP contribution < -0.4 is 11.3 Å². The van der Waals surface area contributed by atoms with Gasteiger partial charge in [-0.1, -0.05) is 33.6 Å². The molecule has 0 radical (unpaired) electrons. The molecule has 2 unspecified atom stereocenters. The molecule has 0 saturated heterocycles. The fourth-order valence-corrected chi connectivity index (χ4v) is 2.56. The van der Waals surface area contributed by atoms with E-state index in [2.05, 4.69) is 43.1 Å². The highest BCUT2D eigenvalue weighted by molar-refractivity contribution is 5.79. The maximum atomic E-state index is 5.59. The smallest absolute Gasteiger partial charge is 0.208 e. The quantitative estimate of drug-likeness (QED) is 0.343. The number of aliphatic imine (C=N–C) groups is 1. The van der Waals surface area contributed by atoms with Crippen LogP contribution in [-0.2, 0) is 0 Å². The summed E-state index contributed by atoms with van der Waals surface area (Å²) in [6.07, 6.45) is 5.25. The molecule has 17 heavy (non-hydrogen) atoms. The fourth-order valence-electron chi connectivity index (χ4n) is 2.56. The van der Waals surface area contributed by atoms with Gasteiger partial charge < -0.3 is 4.90 Å². The zero-order valence-corrected chi connectivity index (χ0v) is 11.7. The van der Waals surface area contributed by atoms with Crippen molar-refractivity contribution in [2.75, 3.05) is 13.6 Å². The van der Waals surface area contributed by atoms with Crippen LogP contribution in [0.4, 0.5) is 0 Å². The molecule has 4 heteroatoms. The van der Waals surface area contributed by atoms with Gasteiger partial charge in [0.25, 0.3) is 0 Å². The van der Waals surface area contributed by atoms with Gasteiger partial charge in [0, 0.05) is 19.6 Å². The molecule has 0 aromatic carbocycles. The van der Waals surface area contributed by atoms with Crippen molar-refractivity contribution in [2.45, 2.75) is 52.5 Å². The SMILES string of the molecule is CC(C)CN=C(NN)N(C)C1CCCCC1C. The van der Waals surface area contributed by atoms with Crippen molar-refractivity contribution in [1.82, 2.24) is 10.3 Å². The first-order valence-corrected chi connectivity index (χ1v) is 6.80. The summed E-state index contributed by atoms with van der Waals surface area (Å²) in [6, 6.07) is 0.575. The molecule has 1 fully saturated rings. The Kier molecular flexibility index (Phi) is 5.75. The van der Waals surface area contributed by atoms with Crippen LogP contribution >= 0.6 is 0 Å². The van der Waals surface area contributed by atoms with Gasteiger partial charge in [0.2, 0.25) is 5.96 Å². The van der Waals surface area contributed by atoms with E-state index in [-0.39, 0.29) is 0 Å². The molecule has 0 heterocycles. The Labute approximate surface area is 106 Å². The van der Waals surface area contributed by atoms with Gasteiger partial charge in [-0.25, -0.2) is 5.84 Å². The number of hydrogen-bond acceptors (Lipinski definition) is 2. The molecule has 0 amide bonds. The number of hydrogen-bond donors (Lipinski definition) is 2. The minimum Gasteiger partial charge on any atom is -0.342 e. The van der Waals surface area contributed by atoms with Crippen LogP contribution in [0.25, 0.3) is 0 Å². The molecule has 1 aliphatic carbocycles. The molecule has 100 valence electrons. The first-order chi connectivity index (χ1) is 8.06. The average molecular weight is 240 g/mol. The van der Waals surface area contributed by atoms with Gasteiger partial charge in [0.05, 0.1) is 0 Å². The van der Waals surface area contributed by atoms with Crippen LogP contribution in [0, 0.1) is 11.8 Å². The van der Waals surface area contributed by atoms with E-state index in [9.17, 15) is 0 Å². The summed E-state index contributed by atoms with van der Waals surface area (Å²) >= 11 is 0. The fraction of sp³-hybridized carbons (Fsp3) is 0.923. The van der Waals surface area contributed by atoms with Crippen molar-refractivity contribution >= 4 is 5.96 Å². The maximum absolute atomic E-state index is 5.59. The van der Waals surface area contributed by atoms with Crippen LogP contribution in [0.3, 0.4) is 0 Å². The van der Waals surface area contributed by atoms with Crippen molar-refractivity contribution < 1.29 is 0 Å². The zero-order valence-electron chi connectivity index (χ0n) is 11.7. The summed E-state index contributed by atoms with van der Waals surface area (Å²) in [6.45, 7) is 7.49. The van der Waals surface area contributed by atoms with E-state index in [0.717, 1.165) is 18.4 Å². The van der Waals surface area contributed by atoms with E-state index in [1.54, 1.807) is 0 Å². The number of nitrogens with two attached hydrogens (primary N) is 1. The highest BCUT2D eigenvalue weighted by Crippen LogP contribution is 2.27. The maximum Gasteiger partial charge on any atom is 0.208 e. The standard InChI is InChI=1S/C13H28N4/c1-10(2)9-15-13(16-14)17(4)12-8-6-5-7-11(12)3/h10-12H,5-9,14H2,1-4H3,(H,15,16). The summed E-state index contributed by atoms with van der Waals surface area (Å²) in [7, 11) is 2.10. The van der Waals surface area contributed by atoms with Gasteiger partial charge in [-0.05, 0) is 24.7 Å². The Morgan fingerprint density at radius 3 is 2.59 bits per heavy atom. The molecule has 0 spiro atoms. The Balaban J connectivity index is 2.63. The van der Waals surface area contributed by atoms with Gasteiger partial charge in [-0.3, -0.25) is 10.4 Å². The third-order valence-electron chi connectivity index (χ3n) is 3.63. The van der Waals surface area contributed by atoms with Crippen molar-refractivity contribution in [3.05, 3.63) is 0 Å². The number of nitrogens with zero attached hydrogens (tertiary/aromatic N) is 2. The summed E-state index contributed by atoms with van der Waals surface area (Å²) in [4.78, 5) is 6.79. The molecular weight excluding hydrogens is 212 g/mol. The van der Waals surface area contributed by atoms with Crippen LogP contribution in [0.2, 0.25) is 0 Å². The normalized spacial score (nSPS) is 26.1. The Bertz CT molecular complexity index is 250. The number of guanidine groups is 1. The lowest BCUT2D eigenvalue weighted by Gasteiger charge is -2.37. The van der Waals surface area contributed by atoms with Gasteiger partial charge in [-0.15, -0.1) is 0 Å². The molecule has 2 atom stereocenters. The molecule has 0 bridgehead atoms. The highest BCUT2D eigenvalue weighted by Gasteiger charge is 2.26. The summed E-state index contributed by atoms with van der Waals surface area (Å²) in [5, 5.41) is 0. The van der Waals surface area contributed by atoms with Crippen LogP contribution in [-0.4, -0.2) is 30.5 Å². The summed E-state index contributed by atoms with van der Waals surface area (Å²) in [5.74, 6) is 7.71. The van der Waals surface area contributed by atoms with Crippen LogP contribution in [0.1, 0.15) is 46.5 Å². The molecule has 1 saturated carbocycles. The van der Waals surface area contributed by atoms with Crippen LogP contribution in [0.5, 0.6) is 0 Å². The largest absolute Gasteiger partial charge is 0.342 e. The number of hydrazine groups is 1. The molecule has 4 nitrogen and oxygen atoms in total. The van der Waals surface area contributed by atoms with Gasteiger partial charge >= 0.3 is 0 Å². The van der Waals surface area contributed by atoms with E-state index in [0.29, 0.717) is 12.0 Å². The molecule has 1 aliphatic rings. The summed E-state index contributed by atoms with van der Waals surface area (Å²) < 4.78 is 0. The van der Waals surface area contributed by atoms with E-state index >= 15 is 0 Å². The van der Waals surface area contributed by atoms with Crippen molar-refractivity contribution in [1.29, 1.82) is 0 Å². The van der Waals surface area contributed by atoms with E-state index in [4.69, 9.17) is 5.84 Å². The Morgan fingerprint density at radius 2 is 2.06 bits per heavy atom. The second-order valence-electron chi connectivity index (χ2n) is 5.64. The first kappa shape index (κ1) is 14.3. The van der Waals surface area contributed by atoms with Crippen molar-refractivity contribution in [3.8, 4) is 0 Å². The topological polar surface area (TPSA) is 53.6 Å². The minimum atomic E-state index is 0.565. The number of rotatable bonds is 3. The molecule has 3 N–H and O–H groups in total. The van der Waals surface area contributed by atoms with E-state index < -0.39 is 0 Å². The molecule has 1 rings (SSSR count). The van der Waals surface area contributed by atoms with E-state index in [1.165, 1.54) is 25.7 Å². The van der Waals surface area contributed by atoms with Gasteiger partial charge in [-0.2, -0.15) is 0 Å². The molecule has 0 aromatic rings. The Morgan fingerprint density at radius 1 is 1.41 bits per heavy atom. The van der Waals surface area contributed by atoms with Gasteiger partial charge in [0.1, 0.15) is 0 Å². The predicted octanol–water partition coefficient (Wildman–Crippen LogP) is 1.97. The lowest BCUT2D eigenvalue weighted by Crippen LogP contribution is -2.50. The zero-order chi connectivity index (χ0) is 12.8. The third kappa shape index (κ3) is 4.19. The van der Waals surface area contributed by atoms with Crippen LogP contribution in [0.15, 0.2) is 4.99 Å². The predicted molar refractivity (Wildman–Crippen MR) is 73.6 cm³/mol. The number of nitrogens with one attached hydrogen (secondary N) is 1. The second kappa shape index (κ2) is 6.84. The first-order valence-electron chi connectivity index (χ1n) is 6.80. The highest BCUT2D eigenvalue weighted by atomic mass is 15.4. The lowest BCUT2D eigenvalue weighted by molar-refractivity contribution is 0.200.